The number of carbonyl (C=O) groups excluding carboxylic acids is 1. The fourth-order valence-electron chi connectivity index (χ4n) is 7.27. The van der Waals surface area contributed by atoms with Crippen molar-refractivity contribution < 1.29 is 18.5 Å². The van der Waals surface area contributed by atoms with Crippen molar-refractivity contribution in [3.63, 3.8) is 0 Å². The van der Waals surface area contributed by atoms with E-state index in [4.69, 9.17) is 21.1 Å². The Morgan fingerprint density at radius 2 is 1.95 bits per heavy atom. The van der Waals surface area contributed by atoms with Gasteiger partial charge in [-0.05, 0) is 98.2 Å². The quantitative estimate of drug-likeness (QED) is 0.400. The Balaban J connectivity index is 1.36. The number of benzene rings is 2. The molecule has 1 aliphatic carbocycles. The van der Waals surface area contributed by atoms with Crippen LogP contribution in [0.2, 0.25) is 5.02 Å². The lowest BCUT2D eigenvalue weighted by atomic mass is 9.65. The topological polar surface area (TPSA) is 71.2 Å². The van der Waals surface area contributed by atoms with E-state index in [2.05, 4.69) is 35.6 Å². The van der Waals surface area contributed by atoms with E-state index in [0.29, 0.717) is 24.0 Å². The van der Waals surface area contributed by atoms with Crippen LogP contribution in [-0.2, 0) is 22.1 Å². The van der Waals surface area contributed by atoms with Gasteiger partial charge in [0, 0.05) is 29.6 Å². The molecule has 2 bridgehead atoms. The number of carbonyl (C=O) groups is 1. The molecule has 7 atom stereocenters. The number of hydrogen-bond acceptors (Lipinski definition) is 5. The second-order valence-electron chi connectivity index (χ2n) is 12.8. The van der Waals surface area contributed by atoms with Gasteiger partial charge in [-0.15, -0.1) is 0 Å². The number of halogens is 1. The fraction of sp³-hybridized carbons (Fsp3) is 0.606. The molecule has 1 amide bonds. The first-order chi connectivity index (χ1) is 19.8. The highest BCUT2D eigenvalue weighted by Crippen LogP contribution is 2.53. The van der Waals surface area contributed by atoms with E-state index in [9.17, 15) is 9.00 Å². The third-order valence-electron chi connectivity index (χ3n) is 10.2. The van der Waals surface area contributed by atoms with Gasteiger partial charge in [-0.25, -0.2) is 4.21 Å². The molecule has 3 aliphatic heterocycles. The highest BCUT2D eigenvalue weighted by molar-refractivity contribution is 7.84. The average Bonchev–Trinajstić information content (AvgIpc) is 3.73. The van der Waals surface area contributed by atoms with E-state index in [1.807, 2.05) is 25.1 Å². The van der Waals surface area contributed by atoms with Gasteiger partial charge >= 0.3 is 0 Å². The summed E-state index contributed by atoms with van der Waals surface area (Å²) in [6, 6.07) is 11.9. The zero-order valence-corrected chi connectivity index (χ0v) is 26.1. The maximum absolute atomic E-state index is 13.3. The minimum absolute atomic E-state index is 0.00716. The van der Waals surface area contributed by atoms with E-state index in [0.717, 1.165) is 68.3 Å². The Labute approximate surface area is 252 Å². The van der Waals surface area contributed by atoms with Crippen molar-refractivity contribution >= 4 is 34.2 Å². The average molecular weight is 599 g/mol. The molecule has 41 heavy (non-hydrogen) atoms. The lowest BCUT2D eigenvalue weighted by molar-refractivity contribution is 0.0649. The Morgan fingerprint density at radius 1 is 1.12 bits per heavy atom. The first-order valence-corrected chi connectivity index (χ1v) is 17.0. The first kappa shape index (κ1) is 29.0. The normalized spacial score (nSPS) is 33.7. The van der Waals surface area contributed by atoms with Gasteiger partial charge in [-0.1, -0.05) is 44.4 Å². The van der Waals surface area contributed by atoms with Crippen molar-refractivity contribution in [2.45, 2.75) is 82.5 Å². The molecule has 2 fully saturated rings. The Hall–Kier alpha value is -2.09. The summed E-state index contributed by atoms with van der Waals surface area (Å²) < 4.78 is 28.6. The van der Waals surface area contributed by atoms with Crippen molar-refractivity contribution in [2.75, 3.05) is 31.2 Å². The largest absolute Gasteiger partial charge is 0.491 e. The van der Waals surface area contributed by atoms with Crippen LogP contribution in [-0.4, -0.2) is 47.3 Å². The predicted molar refractivity (Wildman–Crippen MR) is 165 cm³/mol. The van der Waals surface area contributed by atoms with Crippen LogP contribution in [0.15, 0.2) is 36.4 Å². The van der Waals surface area contributed by atoms with Gasteiger partial charge in [-0.2, -0.15) is 0 Å². The Morgan fingerprint density at radius 3 is 2.68 bits per heavy atom. The summed E-state index contributed by atoms with van der Waals surface area (Å²) >= 11 is 6.41. The van der Waals surface area contributed by atoms with Crippen molar-refractivity contribution in [3.8, 4) is 5.75 Å². The van der Waals surface area contributed by atoms with E-state index < -0.39 is 11.0 Å². The molecule has 6 nitrogen and oxygen atoms in total. The molecular formula is C33H43ClN2O4S. The van der Waals surface area contributed by atoms with Gasteiger partial charge in [0.15, 0.2) is 0 Å². The van der Waals surface area contributed by atoms with E-state index in [-0.39, 0.29) is 28.6 Å². The zero-order chi connectivity index (χ0) is 28.7. The molecule has 7 unspecified atom stereocenters. The second-order valence-corrected chi connectivity index (χ2v) is 14.8. The third-order valence-corrected chi connectivity index (χ3v) is 11.9. The number of ether oxygens (including phenoxy) is 2. The third kappa shape index (κ3) is 5.92. The summed E-state index contributed by atoms with van der Waals surface area (Å²) in [5.74, 6) is 2.01. The smallest absolute Gasteiger partial charge is 0.263 e. The van der Waals surface area contributed by atoms with E-state index in [1.54, 1.807) is 6.07 Å². The number of hydrogen-bond donors (Lipinski definition) is 1. The van der Waals surface area contributed by atoms with Gasteiger partial charge in [-0.3, -0.25) is 9.52 Å². The van der Waals surface area contributed by atoms with Crippen molar-refractivity contribution in [3.05, 3.63) is 58.1 Å². The molecule has 222 valence electrons. The van der Waals surface area contributed by atoms with Gasteiger partial charge in [0.25, 0.3) is 5.91 Å². The van der Waals surface area contributed by atoms with Crippen molar-refractivity contribution in [1.29, 1.82) is 0 Å². The number of aryl methyl sites for hydroxylation is 1. The number of rotatable bonds is 3. The number of nitrogens with zero attached hydrogens (tertiary/aromatic N) is 1. The summed E-state index contributed by atoms with van der Waals surface area (Å²) in [4.78, 5) is 15.8. The first-order valence-electron chi connectivity index (χ1n) is 15.4. The van der Waals surface area contributed by atoms with Crippen LogP contribution < -0.4 is 14.4 Å². The van der Waals surface area contributed by atoms with Gasteiger partial charge < -0.3 is 14.4 Å². The molecule has 6 rings (SSSR count). The summed E-state index contributed by atoms with van der Waals surface area (Å²) in [5.41, 5.74) is 4.04. The SMILES string of the molecule is CCCc1cc(Cl)ccc1C1COc2ccc3cc2N(C1)CC1CCC1C1(CCCC(C)C(C)S(=O)NC3=O)CO1. The lowest BCUT2D eigenvalue weighted by Crippen LogP contribution is -2.46. The van der Waals surface area contributed by atoms with Crippen LogP contribution in [0.25, 0.3) is 0 Å². The molecule has 0 aromatic heterocycles. The van der Waals surface area contributed by atoms with Crippen LogP contribution >= 0.6 is 11.6 Å². The van der Waals surface area contributed by atoms with Crippen LogP contribution in [0.1, 0.15) is 86.7 Å². The maximum Gasteiger partial charge on any atom is 0.263 e. The highest BCUT2D eigenvalue weighted by Gasteiger charge is 2.56. The number of anilines is 1. The van der Waals surface area contributed by atoms with Crippen LogP contribution in [0.4, 0.5) is 5.69 Å². The van der Waals surface area contributed by atoms with Gasteiger partial charge in [0.05, 0.1) is 29.8 Å². The second kappa shape index (κ2) is 11.9. The van der Waals surface area contributed by atoms with E-state index >= 15 is 0 Å². The number of nitrogens with one attached hydrogen (secondary N) is 1. The predicted octanol–water partition coefficient (Wildman–Crippen LogP) is 6.67. The molecule has 1 spiro atoms. The molecule has 2 aromatic carbocycles. The molecule has 1 N–H and O–H groups in total. The van der Waals surface area contributed by atoms with Crippen molar-refractivity contribution in [2.24, 2.45) is 17.8 Å². The number of epoxide rings is 1. The van der Waals surface area contributed by atoms with Gasteiger partial charge in [0.2, 0.25) is 0 Å². The Bertz CT molecular complexity index is 1310. The Kier molecular flexibility index (Phi) is 8.41. The highest BCUT2D eigenvalue weighted by atomic mass is 35.5. The molecule has 4 aliphatic rings. The molecule has 8 heteroatoms. The molecule has 3 heterocycles. The minimum Gasteiger partial charge on any atom is -0.491 e. The van der Waals surface area contributed by atoms with Crippen LogP contribution in [0.3, 0.4) is 0 Å². The summed E-state index contributed by atoms with van der Waals surface area (Å²) in [7, 11) is -1.46. The maximum atomic E-state index is 13.3. The monoisotopic (exact) mass is 598 g/mol. The molecule has 0 radical (unpaired) electrons. The van der Waals surface area contributed by atoms with Gasteiger partial charge in [0.1, 0.15) is 16.7 Å². The fourth-order valence-corrected chi connectivity index (χ4v) is 8.51. The summed E-state index contributed by atoms with van der Waals surface area (Å²) in [6.07, 6.45) is 7.53. The summed E-state index contributed by atoms with van der Waals surface area (Å²) in [5, 5.41) is 0.640. The minimum atomic E-state index is -1.46. The van der Waals surface area contributed by atoms with Crippen molar-refractivity contribution in [1.82, 2.24) is 4.72 Å². The van der Waals surface area contributed by atoms with Crippen LogP contribution in [0.5, 0.6) is 5.75 Å². The number of amides is 1. The van der Waals surface area contributed by atoms with E-state index in [1.165, 1.54) is 24.0 Å². The molecule has 1 saturated carbocycles. The summed E-state index contributed by atoms with van der Waals surface area (Å²) in [6.45, 7) is 9.45. The lowest BCUT2D eigenvalue weighted by Gasteiger charge is -2.44. The number of fused-ring (bicyclic) bond motifs is 3. The van der Waals surface area contributed by atoms with Crippen LogP contribution in [0, 0.1) is 17.8 Å². The molecule has 2 aromatic rings. The zero-order valence-electron chi connectivity index (χ0n) is 24.5. The molecular weight excluding hydrogens is 556 g/mol. The standard InChI is InChI=1S/C33H43ClN2O4S/c1-4-6-23-15-27(34)10-11-28(23)26-18-36-17-25-8-12-29(25)33(20-40-33)14-5-7-21(2)22(3)41(38)35-32(37)24-9-13-31(39-19-26)30(36)16-24/h9-11,13,15-16,21-22,25-26,29H,4-8,12,14,17-20H2,1-3H3,(H,35,37). The molecule has 1 saturated heterocycles.